The molecule has 3 aromatic carbocycles. The number of nitrogens with one attached hydrogen (secondary N) is 1. The minimum absolute atomic E-state index is 0.117. The molecule has 2 amide bonds. The van der Waals surface area contributed by atoms with Gasteiger partial charge < -0.3 is 14.8 Å². The number of hydrogen-bond donors (Lipinski definition) is 1. The molecule has 5 aromatic rings. The number of amides is 2. The fraction of sp³-hybridized carbons (Fsp3) is 0.161. The zero-order valence-electron chi connectivity index (χ0n) is 21.1. The molecule has 3 heterocycles. The number of fused-ring (bicyclic) bond motifs is 3. The van der Waals surface area contributed by atoms with E-state index in [1.807, 2.05) is 95.4 Å². The van der Waals surface area contributed by atoms with Crippen LogP contribution in [0.4, 0.5) is 4.79 Å². The van der Waals surface area contributed by atoms with Crippen LogP contribution in [0.15, 0.2) is 103 Å². The standard InChI is InChI=1S/C31H28ClN5O/c1-22-27-21-36(31(38)33-19-18-23-9-4-2-5-10-23)29(24-14-16-25(32)17-15-24)28-13-8-20-35(28)30(27)37(34-22)26-11-6-3-7-12-26/h2-17,20,29H,18-19,21H2,1H3,(H,33,38)/t29-/m0/s1. The second-order valence-corrected chi connectivity index (χ2v) is 9.92. The lowest BCUT2D eigenvalue weighted by molar-refractivity contribution is 0.180. The topological polar surface area (TPSA) is 55.1 Å². The molecule has 1 aliphatic rings. The molecule has 0 spiro atoms. The Kier molecular flexibility index (Phi) is 6.48. The highest BCUT2D eigenvalue weighted by Crippen LogP contribution is 2.38. The van der Waals surface area contributed by atoms with Crippen molar-refractivity contribution in [3.05, 3.63) is 136 Å². The molecule has 0 saturated heterocycles. The van der Waals surface area contributed by atoms with Gasteiger partial charge in [-0.1, -0.05) is 72.3 Å². The Bertz CT molecular complexity index is 1560. The summed E-state index contributed by atoms with van der Waals surface area (Å²) in [5, 5.41) is 8.75. The second-order valence-electron chi connectivity index (χ2n) is 9.49. The SMILES string of the molecule is Cc1nn(-c2ccccc2)c2c1CN(C(=O)NCCc1ccccc1)[C@@H](c1ccc(Cl)cc1)c1cccn1-2. The smallest absolute Gasteiger partial charge is 0.318 e. The van der Waals surface area contributed by atoms with Crippen molar-refractivity contribution in [3.63, 3.8) is 0 Å². The first kappa shape index (κ1) is 24.1. The van der Waals surface area contributed by atoms with Gasteiger partial charge in [-0.25, -0.2) is 9.48 Å². The summed E-state index contributed by atoms with van der Waals surface area (Å²) in [6, 6.07) is 31.7. The summed E-state index contributed by atoms with van der Waals surface area (Å²) in [6.45, 7) is 2.97. The Morgan fingerprint density at radius 1 is 0.947 bits per heavy atom. The molecule has 190 valence electrons. The normalized spacial score (nSPS) is 14.5. The van der Waals surface area contributed by atoms with Gasteiger partial charge in [0.2, 0.25) is 0 Å². The predicted octanol–water partition coefficient (Wildman–Crippen LogP) is 6.48. The first-order valence-corrected chi connectivity index (χ1v) is 13.1. The number of nitrogens with zero attached hydrogens (tertiary/aromatic N) is 4. The summed E-state index contributed by atoms with van der Waals surface area (Å²) in [5.41, 5.74) is 6.05. The molecule has 1 N–H and O–H groups in total. The van der Waals surface area contributed by atoms with Crippen LogP contribution in [0, 0.1) is 6.92 Å². The highest BCUT2D eigenvalue weighted by Gasteiger charge is 2.35. The van der Waals surface area contributed by atoms with E-state index in [9.17, 15) is 4.79 Å². The van der Waals surface area contributed by atoms with Gasteiger partial charge in [0.1, 0.15) is 5.82 Å². The number of aryl methyl sites for hydroxylation is 1. The van der Waals surface area contributed by atoms with Crippen LogP contribution in [0.25, 0.3) is 11.5 Å². The van der Waals surface area contributed by atoms with Crippen LogP contribution in [-0.2, 0) is 13.0 Å². The predicted molar refractivity (Wildman–Crippen MR) is 150 cm³/mol. The van der Waals surface area contributed by atoms with E-state index >= 15 is 0 Å². The van der Waals surface area contributed by atoms with Gasteiger partial charge in [-0.2, -0.15) is 5.10 Å². The summed E-state index contributed by atoms with van der Waals surface area (Å²) >= 11 is 6.24. The van der Waals surface area contributed by atoms with Crippen molar-refractivity contribution in [3.8, 4) is 11.5 Å². The molecular weight excluding hydrogens is 494 g/mol. The summed E-state index contributed by atoms with van der Waals surface area (Å²) in [5.74, 6) is 0.951. The van der Waals surface area contributed by atoms with Gasteiger partial charge in [0.05, 0.1) is 29.7 Å². The summed E-state index contributed by atoms with van der Waals surface area (Å²) < 4.78 is 4.14. The molecule has 2 aromatic heterocycles. The van der Waals surface area contributed by atoms with E-state index in [4.69, 9.17) is 16.7 Å². The van der Waals surface area contributed by atoms with Crippen LogP contribution in [0.3, 0.4) is 0 Å². The van der Waals surface area contributed by atoms with Gasteiger partial charge in [-0.3, -0.25) is 0 Å². The lowest BCUT2D eigenvalue weighted by atomic mass is 10.0. The largest absolute Gasteiger partial charge is 0.338 e. The molecule has 7 heteroatoms. The van der Waals surface area contributed by atoms with Gasteiger partial charge in [-0.05, 0) is 60.9 Å². The number of benzene rings is 3. The Hall–Kier alpha value is -4.29. The maximum atomic E-state index is 13.9. The minimum Gasteiger partial charge on any atom is -0.338 e. The Labute approximate surface area is 227 Å². The lowest BCUT2D eigenvalue weighted by Crippen LogP contribution is -2.42. The molecule has 6 nitrogen and oxygen atoms in total. The monoisotopic (exact) mass is 521 g/mol. The summed E-state index contributed by atoms with van der Waals surface area (Å²) in [4.78, 5) is 15.8. The summed E-state index contributed by atoms with van der Waals surface area (Å²) in [7, 11) is 0. The average Bonchev–Trinajstić information content (AvgIpc) is 3.51. The number of carbonyl (C=O) groups excluding carboxylic acids is 1. The van der Waals surface area contributed by atoms with E-state index in [0.717, 1.165) is 40.4 Å². The number of urea groups is 1. The maximum Gasteiger partial charge on any atom is 0.318 e. The average molecular weight is 522 g/mol. The maximum absolute atomic E-state index is 13.9. The van der Waals surface area contributed by atoms with Crippen LogP contribution < -0.4 is 5.32 Å². The first-order chi connectivity index (χ1) is 18.6. The van der Waals surface area contributed by atoms with Gasteiger partial charge in [0.25, 0.3) is 0 Å². The van der Waals surface area contributed by atoms with Crippen LogP contribution in [0.1, 0.15) is 34.1 Å². The molecule has 38 heavy (non-hydrogen) atoms. The molecule has 0 unspecified atom stereocenters. The molecule has 1 atom stereocenters. The van der Waals surface area contributed by atoms with E-state index < -0.39 is 0 Å². The molecular formula is C31H28ClN5O. The number of halogens is 1. The number of carbonyl (C=O) groups is 1. The molecule has 0 radical (unpaired) electrons. The van der Waals surface area contributed by atoms with Gasteiger partial charge >= 0.3 is 6.03 Å². The number of aromatic nitrogens is 3. The third-order valence-corrected chi connectivity index (χ3v) is 7.32. The Morgan fingerprint density at radius 2 is 1.66 bits per heavy atom. The molecule has 0 saturated carbocycles. The van der Waals surface area contributed by atoms with Gasteiger partial charge in [0, 0.05) is 23.3 Å². The van der Waals surface area contributed by atoms with Gasteiger partial charge in [-0.15, -0.1) is 0 Å². The Morgan fingerprint density at radius 3 is 2.39 bits per heavy atom. The van der Waals surface area contributed by atoms with E-state index in [1.54, 1.807) is 0 Å². The summed E-state index contributed by atoms with van der Waals surface area (Å²) in [6.07, 6.45) is 2.81. The molecule has 0 aliphatic carbocycles. The minimum atomic E-state index is -0.310. The molecule has 0 bridgehead atoms. The zero-order chi connectivity index (χ0) is 26.1. The van der Waals surface area contributed by atoms with Crippen LogP contribution in [-0.4, -0.2) is 31.8 Å². The van der Waals surface area contributed by atoms with Crippen molar-refractivity contribution < 1.29 is 4.79 Å². The van der Waals surface area contributed by atoms with Crippen molar-refractivity contribution in [2.75, 3.05) is 6.54 Å². The van der Waals surface area contributed by atoms with Gasteiger partial charge in [0.15, 0.2) is 0 Å². The van der Waals surface area contributed by atoms with E-state index in [-0.39, 0.29) is 12.1 Å². The third kappa shape index (κ3) is 4.48. The number of hydrogen-bond acceptors (Lipinski definition) is 2. The lowest BCUT2D eigenvalue weighted by Gasteiger charge is -2.31. The van der Waals surface area contributed by atoms with Crippen LogP contribution in [0.2, 0.25) is 5.02 Å². The fourth-order valence-electron chi connectivity index (χ4n) is 5.21. The first-order valence-electron chi connectivity index (χ1n) is 12.8. The number of rotatable bonds is 5. The molecule has 6 rings (SSSR count). The fourth-order valence-corrected chi connectivity index (χ4v) is 5.33. The quantitative estimate of drug-likeness (QED) is 0.288. The molecule has 0 fully saturated rings. The number of para-hydroxylation sites is 1. The second kappa shape index (κ2) is 10.2. The molecule has 1 aliphatic heterocycles. The van der Waals surface area contributed by atoms with Crippen molar-refractivity contribution in [2.24, 2.45) is 0 Å². The van der Waals surface area contributed by atoms with Crippen molar-refractivity contribution in [2.45, 2.75) is 25.9 Å². The Balaban J connectivity index is 1.43. The third-order valence-electron chi connectivity index (χ3n) is 7.07. The highest BCUT2D eigenvalue weighted by atomic mass is 35.5. The van der Waals surface area contributed by atoms with Crippen molar-refractivity contribution >= 4 is 17.6 Å². The van der Waals surface area contributed by atoms with Crippen LogP contribution in [0.5, 0.6) is 0 Å². The van der Waals surface area contributed by atoms with Crippen molar-refractivity contribution in [1.29, 1.82) is 0 Å². The van der Waals surface area contributed by atoms with Crippen molar-refractivity contribution in [1.82, 2.24) is 24.6 Å². The van der Waals surface area contributed by atoms with E-state index in [2.05, 4.69) is 34.3 Å². The van der Waals surface area contributed by atoms with Crippen LogP contribution >= 0.6 is 11.6 Å². The zero-order valence-corrected chi connectivity index (χ0v) is 21.8. The van der Waals surface area contributed by atoms with E-state index in [0.29, 0.717) is 18.1 Å². The highest BCUT2D eigenvalue weighted by molar-refractivity contribution is 6.30. The van der Waals surface area contributed by atoms with E-state index in [1.165, 1.54) is 5.56 Å².